The number of nitrogens with one attached hydrogen (secondary N) is 1. The Morgan fingerprint density at radius 3 is 2.26 bits per heavy atom. The fourth-order valence-corrected chi connectivity index (χ4v) is 2.74. The first kappa shape index (κ1) is 14.1. The van der Waals surface area contributed by atoms with Gasteiger partial charge in [-0.2, -0.15) is 0 Å². The highest BCUT2D eigenvalue weighted by molar-refractivity contribution is 5.49. The van der Waals surface area contributed by atoms with E-state index in [9.17, 15) is 4.39 Å². The van der Waals surface area contributed by atoms with E-state index in [-0.39, 0.29) is 0 Å². The molecular formula is C15H22FNO2. The summed E-state index contributed by atoms with van der Waals surface area (Å²) in [6, 6.07) is 3.72. The maximum atomic E-state index is 13.9. The highest BCUT2D eigenvalue weighted by atomic mass is 19.1. The van der Waals surface area contributed by atoms with Gasteiger partial charge in [-0.3, -0.25) is 0 Å². The Bertz CT molecular complexity index is 428. The zero-order valence-corrected chi connectivity index (χ0v) is 11.8. The molecule has 0 amide bonds. The third kappa shape index (κ3) is 3.00. The van der Waals surface area contributed by atoms with Crippen molar-refractivity contribution in [3.05, 3.63) is 23.3 Å². The first-order valence-electron chi connectivity index (χ1n) is 6.78. The van der Waals surface area contributed by atoms with Gasteiger partial charge in [-0.15, -0.1) is 0 Å². The van der Waals surface area contributed by atoms with Gasteiger partial charge in [0.2, 0.25) is 0 Å². The molecule has 0 aliphatic carbocycles. The SMILES string of the molecule is COc1cc(C(C)F)c(C2CCNCC2)cc1OC. The molecule has 1 aromatic carbocycles. The third-order valence-electron chi connectivity index (χ3n) is 3.80. The van der Waals surface area contributed by atoms with Gasteiger partial charge in [0.05, 0.1) is 14.2 Å². The average molecular weight is 267 g/mol. The molecule has 1 fully saturated rings. The zero-order valence-electron chi connectivity index (χ0n) is 11.8. The summed E-state index contributed by atoms with van der Waals surface area (Å²) in [5.74, 6) is 1.68. The highest BCUT2D eigenvalue weighted by Gasteiger charge is 2.23. The molecule has 1 aliphatic rings. The van der Waals surface area contributed by atoms with Crippen molar-refractivity contribution in [3.63, 3.8) is 0 Å². The van der Waals surface area contributed by atoms with E-state index < -0.39 is 6.17 Å². The van der Waals surface area contributed by atoms with Gasteiger partial charge >= 0.3 is 0 Å². The molecule has 106 valence electrons. The quantitative estimate of drug-likeness (QED) is 0.908. The second-order valence-corrected chi connectivity index (χ2v) is 4.98. The Balaban J connectivity index is 2.43. The summed E-state index contributed by atoms with van der Waals surface area (Å²) in [6.07, 6.45) is 1.08. The average Bonchev–Trinajstić information content (AvgIpc) is 2.46. The van der Waals surface area contributed by atoms with Gasteiger partial charge in [-0.1, -0.05) is 0 Å². The zero-order chi connectivity index (χ0) is 13.8. The van der Waals surface area contributed by atoms with Crippen LogP contribution in [0.5, 0.6) is 11.5 Å². The van der Waals surface area contributed by atoms with Crippen LogP contribution in [0, 0.1) is 0 Å². The van der Waals surface area contributed by atoms with Crippen LogP contribution in [0.2, 0.25) is 0 Å². The van der Waals surface area contributed by atoms with Crippen molar-refractivity contribution in [1.29, 1.82) is 0 Å². The number of benzene rings is 1. The second-order valence-electron chi connectivity index (χ2n) is 4.98. The number of halogens is 1. The summed E-state index contributed by atoms with van der Waals surface area (Å²) >= 11 is 0. The first-order valence-corrected chi connectivity index (χ1v) is 6.78. The number of alkyl halides is 1. The van der Waals surface area contributed by atoms with Crippen molar-refractivity contribution in [3.8, 4) is 11.5 Å². The molecule has 1 atom stereocenters. The van der Waals surface area contributed by atoms with Crippen molar-refractivity contribution in [2.45, 2.75) is 31.9 Å². The maximum absolute atomic E-state index is 13.9. The number of methoxy groups -OCH3 is 2. The molecule has 0 radical (unpaired) electrons. The van der Waals surface area contributed by atoms with Gasteiger partial charge in [0.15, 0.2) is 11.5 Å². The molecular weight excluding hydrogens is 245 g/mol. The van der Waals surface area contributed by atoms with Gasteiger partial charge in [0.25, 0.3) is 0 Å². The van der Waals surface area contributed by atoms with Crippen molar-refractivity contribution >= 4 is 0 Å². The van der Waals surface area contributed by atoms with E-state index in [1.807, 2.05) is 6.07 Å². The summed E-state index contributed by atoms with van der Waals surface area (Å²) in [5, 5.41) is 3.33. The van der Waals surface area contributed by atoms with Crippen LogP contribution in [0.4, 0.5) is 4.39 Å². The molecule has 2 rings (SSSR count). The van der Waals surface area contributed by atoms with Gasteiger partial charge in [0, 0.05) is 0 Å². The number of hydrogen-bond acceptors (Lipinski definition) is 3. The molecule has 0 aromatic heterocycles. The Kier molecular flexibility index (Phi) is 4.64. The second kappa shape index (κ2) is 6.24. The predicted molar refractivity (Wildman–Crippen MR) is 73.9 cm³/mol. The molecule has 0 bridgehead atoms. The van der Waals surface area contributed by atoms with E-state index in [1.165, 1.54) is 0 Å². The van der Waals surface area contributed by atoms with Crippen molar-refractivity contribution in [2.75, 3.05) is 27.3 Å². The third-order valence-corrected chi connectivity index (χ3v) is 3.80. The number of piperidine rings is 1. The molecule has 1 saturated heterocycles. The molecule has 1 unspecified atom stereocenters. The smallest absolute Gasteiger partial charge is 0.161 e. The summed E-state index contributed by atoms with van der Waals surface area (Å²) < 4.78 is 24.5. The molecule has 4 heteroatoms. The topological polar surface area (TPSA) is 30.5 Å². The van der Waals surface area contributed by atoms with Crippen LogP contribution in [0.3, 0.4) is 0 Å². The van der Waals surface area contributed by atoms with Crippen LogP contribution in [-0.2, 0) is 0 Å². The van der Waals surface area contributed by atoms with E-state index in [0.29, 0.717) is 17.4 Å². The molecule has 1 aliphatic heterocycles. The summed E-state index contributed by atoms with van der Waals surface area (Å²) in [6.45, 7) is 3.55. The minimum Gasteiger partial charge on any atom is -0.493 e. The van der Waals surface area contributed by atoms with Gasteiger partial charge < -0.3 is 14.8 Å². The molecule has 1 heterocycles. The lowest BCUT2D eigenvalue weighted by molar-refractivity contribution is 0.341. The number of hydrogen-bond donors (Lipinski definition) is 1. The van der Waals surface area contributed by atoms with Crippen LogP contribution in [0.15, 0.2) is 12.1 Å². The lowest BCUT2D eigenvalue weighted by atomic mass is 9.85. The molecule has 19 heavy (non-hydrogen) atoms. The van der Waals surface area contributed by atoms with Crippen LogP contribution in [0.1, 0.15) is 43.0 Å². The summed E-state index contributed by atoms with van der Waals surface area (Å²) in [5.41, 5.74) is 1.79. The minimum absolute atomic E-state index is 0.397. The van der Waals surface area contributed by atoms with E-state index in [0.717, 1.165) is 37.1 Å². The number of rotatable bonds is 4. The summed E-state index contributed by atoms with van der Waals surface area (Å²) in [7, 11) is 3.19. The molecule has 1 aromatic rings. The Labute approximate surface area is 114 Å². The largest absolute Gasteiger partial charge is 0.493 e. The van der Waals surface area contributed by atoms with E-state index in [4.69, 9.17) is 9.47 Å². The Morgan fingerprint density at radius 2 is 1.74 bits per heavy atom. The monoisotopic (exact) mass is 267 g/mol. The summed E-state index contributed by atoms with van der Waals surface area (Å²) in [4.78, 5) is 0. The van der Waals surface area contributed by atoms with Gasteiger partial charge in [0.1, 0.15) is 6.17 Å². The number of ether oxygens (including phenoxy) is 2. The van der Waals surface area contributed by atoms with Crippen LogP contribution in [0.25, 0.3) is 0 Å². The lowest BCUT2D eigenvalue weighted by Crippen LogP contribution is -2.27. The predicted octanol–water partition coefficient (Wildman–Crippen LogP) is 3.20. The van der Waals surface area contributed by atoms with Crippen molar-refractivity contribution < 1.29 is 13.9 Å². The molecule has 3 nitrogen and oxygen atoms in total. The first-order chi connectivity index (χ1) is 9.17. The van der Waals surface area contributed by atoms with E-state index >= 15 is 0 Å². The molecule has 0 spiro atoms. The minimum atomic E-state index is -0.996. The molecule has 1 N–H and O–H groups in total. The fourth-order valence-electron chi connectivity index (χ4n) is 2.74. The van der Waals surface area contributed by atoms with Crippen LogP contribution >= 0.6 is 0 Å². The van der Waals surface area contributed by atoms with E-state index in [1.54, 1.807) is 27.2 Å². The van der Waals surface area contributed by atoms with Crippen LogP contribution in [-0.4, -0.2) is 27.3 Å². The van der Waals surface area contributed by atoms with Gasteiger partial charge in [-0.05, 0) is 62.0 Å². The lowest BCUT2D eigenvalue weighted by Gasteiger charge is -2.26. The normalized spacial score (nSPS) is 18.1. The standard InChI is InChI=1S/C15H22FNO2/c1-10(16)12-8-14(18-2)15(19-3)9-13(12)11-4-6-17-7-5-11/h8-11,17H,4-7H2,1-3H3. The fraction of sp³-hybridized carbons (Fsp3) is 0.600. The van der Waals surface area contributed by atoms with E-state index in [2.05, 4.69) is 5.32 Å². The van der Waals surface area contributed by atoms with Gasteiger partial charge in [-0.25, -0.2) is 4.39 Å². The van der Waals surface area contributed by atoms with Crippen molar-refractivity contribution in [2.24, 2.45) is 0 Å². The molecule has 0 saturated carbocycles. The maximum Gasteiger partial charge on any atom is 0.161 e. The van der Waals surface area contributed by atoms with Crippen molar-refractivity contribution in [1.82, 2.24) is 5.32 Å². The Hall–Kier alpha value is -1.29. The van der Waals surface area contributed by atoms with Crippen LogP contribution < -0.4 is 14.8 Å². The Morgan fingerprint density at radius 1 is 1.16 bits per heavy atom. The highest BCUT2D eigenvalue weighted by Crippen LogP contribution is 2.39.